The van der Waals surface area contributed by atoms with Gasteiger partial charge in [0.25, 0.3) is 0 Å². The third-order valence-electron chi connectivity index (χ3n) is 7.30. The molecule has 1 fully saturated rings. The van der Waals surface area contributed by atoms with E-state index in [1.807, 2.05) is 102 Å². The molecule has 0 saturated carbocycles. The lowest BCUT2D eigenvalue weighted by Crippen LogP contribution is -2.50. The number of phenolic OH excluding ortho intramolecular Hbond substituents is 1. The second kappa shape index (κ2) is 15.0. The molecular formula is C35H37N4O4. The van der Waals surface area contributed by atoms with Crippen molar-refractivity contribution in [2.45, 2.75) is 25.8 Å². The first-order valence-electron chi connectivity index (χ1n) is 14.6. The van der Waals surface area contributed by atoms with Gasteiger partial charge in [0, 0.05) is 30.9 Å². The predicted molar refractivity (Wildman–Crippen MR) is 169 cm³/mol. The molecule has 0 bridgehead atoms. The van der Waals surface area contributed by atoms with Gasteiger partial charge in [-0.2, -0.15) is 0 Å². The van der Waals surface area contributed by atoms with Gasteiger partial charge in [-0.3, -0.25) is 15.0 Å². The van der Waals surface area contributed by atoms with Crippen molar-refractivity contribution >= 4 is 23.4 Å². The van der Waals surface area contributed by atoms with Crippen LogP contribution in [0.1, 0.15) is 24.8 Å². The Morgan fingerprint density at radius 3 is 2.19 bits per heavy atom. The van der Waals surface area contributed by atoms with Crippen molar-refractivity contribution in [2.24, 2.45) is 0 Å². The predicted octanol–water partition coefficient (Wildman–Crippen LogP) is 6.39. The van der Waals surface area contributed by atoms with Crippen LogP contribution < -0.4 is 15.2 Å². The van der Waals surface area contributed by atoms with Gasteiger partial charge in [0.2, 0.25) is 5.91 Å². The number of piperidine rings is 1. The number of ether oxygens (including phenoxy) is 1. The monoisotopic (exact) mass is 577 g/mol. The number of nitrogens with one attached hydrogen (secondary N) is 1. The SMILES string of the molecule is O=C(CCOC(=O)N(c1ccccc1-c1ccccc1)N1CC[CH]CC1)N(CNCc1ccc(O)cc1)c1ccccc1. The third-order valence-corrected chi connectivity index (χ3v) is 7.30. The van der Waals surface area contributed by atoms with Gasteiger partial charge < -0.3 is 9.84 Å². The van der Waals surface area contributed by atoms with Gasteiger partial charge in [0.15, 0.2) is 0 Å². The molecule has 221 valence electrons. The maximum absolute atomic E-state index is 13.7. The summed E-state index contributed by atoms with van der Waals surface area (Å²) in [4.78, 5) is 28.8. The minimum atomic E-state index is -0.505. The number of carbonyl (C=O) groups is 2. The van der Waals surface area contributed by atoms with Gasteiger partial charge in [-0.1, -0.05) is 78.9 Å². The topological polar surface area (TPSA) is 85.4 Å². The number of aromatic hydroxyl groups is 1. The molecule has 5 rings (SSSR count). The van der Waals surface area contributed by atoms with Crippen LogP contribution in [0.25, 0.3) is 11.1 Å². The van der Waals surface area contributed by atoms with E-state index >= 15 is 0 Å². The normalized spacial score (nSPS) is 13.3. The Bertz CT molecular complexity index is 1460. The van der Waals surface area contributed by atoms with Crippen molar-refractivity contribution < 1.29 is 19.4 Å². The molecule has 1 saturated heterocycles. The van der Waals surface area contributed by atoms with E-state index in [2.05, 4.69) is 11.7 Å². The highest BCUT2D eigenvalue weighted by Crippen LogP contribution is 2.33. The average molecular weight is 578 g/mol. The summed E-state index contributed by atoms with van der Waals surface area (Å²) in [5, 5.41) is 16.5. The Hall–Kier alpha value is -4.66. The first-order valence-corrected chi connectivity index (χ1v) is 14.6. The third kappa shape index (κ3) is 8.00. The lowest BCUT2D eigenvalue weighted by atomic mass is 10.0. The summed E-state index contributed by atoms with van der Waals surface area (Å²) in [6.07, 6.45) is 3.51. The molecule has 4 aromatic rings. The maximum Gasteiger partial charge on any atom is 0.429 e. The lowest BCUT2D eigenvalue weighted by Gasteiger charge is -2.37. The fraction of sp³-hybridized carbons (Fsp3) is 0.229. The standard InChI is InChI=1S/C35H37N4O4/c40-31-20-18-28(19-21-31)26-36-27-38(30-14-6-2-7-15-30)34(41)22-25-43-35(42)39(37-23-10-3-11-24-37)33-17-9-8-16-32(33)29-12-4-1-5-13-29/h1-9,12-21,36,40H,10-11,22-27H2. The number of hydrogen-bond acceptors (Lipinski definition) is 6. The Morgan fingerprint density at radius 2 is 1.47 bits per heavy atom. The number of nitrogens with zero attached hydrogens (tertiary/aromatic N) is 3. The summed E-state index contributed by atoms with van der Waals surface area (Å²) in [7, 11) is 0. The zero-order valence-electron chi connectivity index (χ0n) is 24.1. The largest absolute Gasteiger partial charge is 0.508 e. The van der Waals surface area contributed by atoms with Gasteiger partial charge in [0.1, 0.15) is 12.4 Å². The van der Waals surface area contributed by atoms with E-state index in [-0.39, 0.29) is 31.4 Å². The molecule has 1 radical (unpaired) electrons. The summed E-state index contributed by atoms with van der Waals surface area (Å²) < 4.78 is 5.79. The quantitative estimate of drug-likeness (QED) is 0.201. The first kappa shape index (κ1) is 29.8. The van der Waals surface area contributed by atoms with Crippen molar-refractivity contribution in [2.75, 3.05) is 36.3 Å². The summed E-state index contributed by atoms with van der Waals surface area (Å²) >= 11 is 0. The molecule has 0 atom stereocenters. The highest BCUT2D eigenvalue weighted by atomic mass is 16.6. The van der Waals surface area contributed by atoms with Crippen molar-refractivity contribution in [3.63, 3.8) is 0 Å². The minimum absolute atomic E-state index is 0.0312. The molecule has 1 aliphatic heterocycles. The fourth-order valence-corrected chi connectivity index (χ4v) is 5.10. The van der Waals surface area contributed by atoms with E-state index in [0.29, 0.717) is 19.6 Å². The number of benzene rings is 4. The van der Waals surface area contributed by atoms with E-state index < -0.39 is 6.09 Å². The molecular weight excluding hydrogens is 540 g/mol. The molecule has 8 nitrogen and oxygen atoms in total. The number of amides is 2. The molecule has 4 aromatic carbocycles. The molecule has 0 aliphatic carbocycles. The Labute approximate surface area is 253 Å². The second-order valence-corrected chi connectivity index (χ2v) is 10.3. The van der Waals surface area contributed by atoms with Crippen molar-refractivity contribution in [1.29, 1.82) is 0 Å². The molecule has 1 heterocycles. The van der Waals surface area contributed by atoms with Crippen LogP contribution in [-0.4, -0.2) is 48.5 Å². The van der Waals surface area contributed by atoms with Crippen LogP contribution in [0.3, 0.4) is 0 Å². The zero-order valence-corrected chi connectivity index (χ0v) is 24.1. The van der Waals surface area contributed by atoms with E-state index in [9.17, 15) is 14.7 Å². The molecule has 1 aliphatic rings. The first-order chi connectivity index (χ1) is 21.1. The van der Waals surface area contributed by atoms with Gasteiger partial charge in [-0.05, 0) is 60.7 Å². The van der Waals surface area contributed by atoms with Crippen LogP contribution in [0.2, 0.25) is 0 Å². The Kier molecular flexibility index (Phi) is 10.4. The van der Waals surface area contributed by atoms with E-state index in [0.717, 1.165) is 40.9 Å². The molecule has 43 heavy (non-hydrogen) atoms. The summed E-state index contributed by atoms with van der Waals surface area (Å²) in [5.74, 6) is 0.0427. The highest BCUT2D eigenvalue weighted by molar-refractivity contribution is 5.95. The van der Waals surface area contributed by atoms with Gasteiger partial charge in [-0.15, -0.1) is 0 Å². The summed E-state index contributed by atoms with van der Waals surface area (Å²) in [6, 6.07) is 34.2. The number of hydrazine groups is 1. The average Bonchev–Trinajstić information content (AvgIpc) is 3.05. The summed E-state index contributed by atoms with van der Waals surface area (Å²) in [6.45, 7) is 2.15. The lowest BCUT2D eigenvalue weighted by molar-refractivity contribution is -0.119. The Balaban J connectivity index is 1.27. The van der Waals surface area contributed by atoms with E-state index in [4.69, 9.17) is 4.74 Å². The van der Waals surface area contributed by atoms with E-state index in [1.54, 1.807) is 22.0 Å². The summed E-state index contributed by atoms with van der Waals surface area (Å²) in [5.41, 5.74) is 4.42. The van der Waals surface area contributed by atoms with Crippen molar-refractivity contribution in [1.82, 2.24) is 10.3 Å². The molecule has 2 amide bonds. The van der Waals surface area contributed by atoms with Crippen LogP contribution >= 0.6 is 0 Å². The van der Waals surface area contributed by atoms with E-state index in [1.165, 1.54) is 0 Å². The minimum Gasteiger partial charge on any atom is -0.508 e. The molecule has 2 N–H and O–H groups in total. The number of carbonyl (C=O) groups excluding carboxylic acids is 2. The zero-order chi connectivity index (χ0) is 29.9. The van der Waals surface area contributed by atoms with Crippen LogP contribution in [0, 0.1) is 6.42 Å². The molecule has 0 spiro atoms. The number of phenols is 1. The van der Waals surface area contributed by atoms with Crippen molar-refractivity contribution in [3.8, 4) is 16.9 Å². The smallest absolute Gasteiger partial charge is 0.429 e. The van der Waals surface area contributed by atoms with Gasteiger partial charge >= 0.3 is 6.09 Å². The molecule has 0 aromatic heterocycles. The number of anilines is 2. The van der Waals surface area contributed by atoms with Gasteiger partial charge in [0.05, 0.1) is 18.8 Å². The molecule has 8 heteroatoms. The second-order valence-electron chi connectivity index (χ2n) is 10.3. The van der Waals surface area contributed by atoms with Gasteiger partial charge in [-0.25, -0.2) is 14.8 Å². The number of rotatable bonds is 11. The van der Waals surface area contributed by atoms with Crippen molar-refractivity contribution in [3.05, 3.63) is 121 Å². The number of para-hydroxylation sites is 2. The van der Waals surface area contributed by atoms with Crippen LogP contribution in [0.4, 0.5) is 16.2 Å². The highest BCUT2D eigenvalue weighted by Gasteiger charge is 2.29. The fourth-order valence-electron chi connectivity index (χ4n) is 5.10. The Morgan fingerprint density at radius 1 is 0.814 bits per heavy atom. The van der Waals surface area contributed by atoms with Crippen LogP contribution in [0.15, 0.2) is 109 Å². The maximum atomic E-state index is 13.7. The van der Waals surface area contributed by atoms with Crippen LogP contribution in [-0.2, 0) is 16.1 Å². The molecule has 0 unspecified atom stereocenters. The van der Waals surface area contributed by atoms with Crippen LogP contribution in [0.5, 0.6) is 5.75 Å². The number of hydrogen-bond donors (Lipinski definition) is 2.